The molecule has 4 rings (SSSR count). The maximum absolute atomic E-state index is 13.9. The number of halogens is 4. The SMILES string of the molecule is Cn1ncc2c(C(=O)Nc3ccccc3F)cc(-c3cccc(C(F)(F)F)c3)nc21. The maximum atomic E-state index is 13.9. The highest BCUT2D eigenvalue weighted by Gasteiger charge is 2.30. The van der Waals surface area contributed by atoms with Crippen molar-refractivity contribution < 1.29 is 22.4 Å². The van der Waals surface area contributed by atoms with Gasteiger partial charge in [-0.1, -0.05) is 24.3 Å². The van der Waals surface area contributed by atoms with Crippen LogP contribution in [0.25, 0.3) is 22.3 Å². The summed E-state index contributed by atoms with van der Waals surface area (Å²) >= 11 is 0. The van der Waals surface area contributed by atoms with Crippen LogP contribution in [-0.4, -0.2) is 20.7 Å². The molecule has 1 N–H and O–H groups in total. The Morgan fingerprint density at radius 1 is 1.07 bits per heavy atom. The standard InChI is InChI=1S/C21H14F4N4O/c1-29-19-15(11-26-29)14(20(30)28-17-8-3-2-7-16(17)22)10-18(27-19)12-5-4-6-13(9-12)21(23,24)25/h2-11H,1H3,(H,28,30). The third-order valence-corrected chi connectivity index (χ3v) is 4.56. The second-order valence-electron chi connectivity index (χ2n) is 6.57. The number of hydrogen-bond donors (Lipinski definition) is 1. The number of hydrogen-bond acceptors (Lipinski definition) is 3. The molecular formula is C21H14F4N4O. The Kier molecular flexibility index (Phi) is 4.73. The molecule has 2 aromatic heterocycles. The molecule has 2 heterocycles. The van der Waals surface area contributed by atoms with Crippen molar-refractivity contribution in [3.8, 4) is 11.3 Å². The van der Waals surface area contributed by atoms with Gasteiger partial charge in [0.25, 0.3) is 5.91 Å². The molecule has 0 aliphatic carbocycles. The molecule has 0 atom stereocenters. The van der Waals surface area contributed by atoms with Crippen molar-refractivity contribution in [2.45, 2.75) is 6.18 Å². The molecule has 0 fully saturated rings. The van der Waals surface area contributed by atoms with E-state index >= 15 is 0 Å². The molecule has 0 radical (unpaired) electrons. The van der Waals surface area contributed by atoms with Gasteiger partial charge in [0.05, 0.1) is 34.1 Å². The fourth-order valence-corrected chi connectivity index (χ4v) is 3.06. The lowest BCUT2D eigenvalue weighted by atomic mass is 10.0. The molecule has 152 valence electrons. The summed E-state index contributed by atoms with van der Waals surface area (Å²) in [6, 6.07) is 11.7. The minimum Gasteiger partial charge on any atom is -0.319 e. The molecule has 30 heavy (non-hydrogen) atoms. The zero-order valence-corrected chi connectivity index (χ0v) is 15.5. The van der Waals surface area contributed by atoms with Crippen LogP contribution in [0.2, 0.25) is 0 Å². The van der Waals surface area contributed by atoms with E-state index in [9.17, 15) is 22.4 Å². The van der Waals surface area contributed by atoms with Gasteiger partial charge in [-0.3, -0.25) is 9.48 Å². The maximum Gasteiger partial charge on any atom is 0.416 e. The lowest BCUT2D eigenvalue weighted by Crippen LogP contribution is -2.14. The van der Waals surface area contributed by atoms with E-state index in [1.54, 1.807) is 13.1 Å². The van der Waals surface area contributed by atoms with Gasteiger partial charge in [-0.05, 0) is 30.3 Å². The first-order valence-corrected chi connectivity index (χ1v) is 8.80. The van der Waals surface area contributed by atoms with Gasteiger partial charge in [0, 0.05) is 12.6 Å². The van der Waals surface area contributed by atoms with Crippen molar-refractivity contribution in [1.82, 2.24) is 14.8 Å². The highest BCUT2D eigenvalue weighted by molar-refractivity contribution is 6.12. The number of benzene rings is 2. The minimum absolute atomic E-state index is 0.0167. The first kappa shape index (κ1) is 19.6. The summed E-state index contributed by atoms with van der Waals surface area (Å²) in [5.74, 6) is -1.24. The number of aromatic nitrogens is 3. The number of alkyl halides is 3. The molecule has 2 aromatic carbocycles. The van der Waals surface area contributed by atoms with Gasteiger partial charge in [-0.25, -0.2) is 9.37 Å². The Labute approximate surface area is 168 Å². The number of pyridine rings is 1. The summed E-state index contributed by atoms with van der Waals surface area (Å²) in [6.45, 7) is 0. The zero-order valence-electron chi connectivity index (χ0n) is 15.5. The molecular weight excluding hydrogens is 400 g/mol. The van der Waals surface area contributed by atoms with E-state index in [0.717, 1.165) is 12.1 Å². The average Bonchev–Trinajstić information content (AvgIpc) is 3.09. The van der Waals surface area contributed by atoms with Crippen LogP contribution >= 0.6 is 0 Å². The third-order valence-electron chi connectivity index (χ3n) is 4.56. The molecule has 0 aliphatic heterocycles. The number of carbonyl (C=O) groups is 1. The molecule has 5 nitrogen and oxygen atoms in total. The van der Waals surface area contributed by atoms with E-state index < -0.39 is 23.5 Å². The van der Waals surface area contributed by atoms with Crippen molar-refractivity contribution in [3.05, 3.63) is 77.7 Å². The molecule has 9 heteroatoms. The summed E-state index contributed by atoms with van der Waals surface area (Å²) in [5, 5.41) is 6.95. The summed E-state index contributed by atoms with van der Waals surface area (Å²) in [7, 11) is 1.60. The van der Waals surface area contributed by atoms with Crippen LogP contribution in [0, 0.1) is 5.82 Å². The van der Waals surface area contributed by atoms with Crippen molar-refractivity contribution in [2.75, 3.05) is 5.32 Å². The number of fused-ring (bicyclic) bond motifs is 1. The normalized spacial score (nSPS) is 11.6. The third kappa shape index (κ3) is 3.61. The number of anilines is 1. The topological polar surface area (TPSA) is 59.8 Å². The lowest BCUT2D eigenvalue weighted by Gasteiger charge is -2.11. The predicted octanol–water partition coefficient (Wildman–Crippen LogP) is 5.05. The van der Waals surface area contributed by atoms with Gasteiger partial charge >= 0.3 is 6.18 Å². The van der Waals surface area contributed by atoms with E-state index in [4.69, 9.17) is 0 Å². The molecule has 0 spiro atoms. The molecule has 0 saturated carbocycles. The summed E-state index contributed by atoms with van der Waals surface area (Å²) in [4.78, 5) is 17.3. The summed E-state index contributed by atoms with van der Waals surface area (Å²) in [5.41, 5.74) is -0.0719. The predicted molar refractivity (Wildman–Crippen MR) is 103 cm³/mol. The van der Waals surface area contributed by atoms with Crippen LogP contribution in [0.4, 0.5) is 23.2 Å². The second-order valence-corrected chi connectivity index (χ2v) is 6.57. The highest BCUT2D eigenvalue weighted by atomic mass is 19.4. The largest absolute Gasteiger partial charge is 0.416 e. The van der Waals surface area contributed by atoms with Crippen LogP contribution in [-0.2, 0) is 13.2 Å². The Bertz CT molecular complexity index is 1260. The smallest absolute Gasteiger partial charge is 0.319 e. The Morgan fingerprint density at radius 2 is 1.83 bits per heavy atom. The van der Waals surface area contributed by atoms with E-state index in [2.05, 4.69) is 15.4 Å². The monoisotopic (exact) mass is 414 g/mol. The molecule has 0 aliphatic rings. The van der Waals surface area contributed by atoms with Crippen LogP contribution in [0.5, 0.6) is 0 Å². The Hall–Kier alpha value is -3.75. The molecule has 0 unspecified atom stereocenters. The van der Waals surface area contributed by atoms with E-state index in [1.807, 2.05) is 0 Å². The van der Waals surface area contributed by atoms with Crippen molar-refractivity contribution in [3.63, 3.8) is 0 Å². The number of aryl methyl sites for hydroxylation is 1. The van der Waals surface area contributed by atoms with Gasteiger partial charge in [-0.15, -0.1) is 0 Å². The quantitative estimate of drug-likeness (QED) is 0.478. The average molecular weight is 414 g/mol. The number of para-hydroxylation sites is 1. The van der Waals surface area contributed by atoms with Crippen LogP contribution in [0.15, 0.2) is 60.8 Å². The molecule has 0 bridgehead atoms. The van der Waals surface area contributed by atoms with Crippen LogP contribution < -0.4 is 5.32 Å². The van der Waals surface area contributed by atoms with Gasteiger partial charge < -0.3 is 5.32 Å². The first-order chi connectivity index (χ1) is 14.2. The van der Waals surface area contributed by atoms with Crippen molar-refractivity contribution >= 4 is 22.6 Å². The van der Waals surface area contributed by atoms with Gasteiger partial charge in [-0.2, -0.15) is 18.3 Å². The molecule has 4 aromatic rings. The Morgan fingerprint density at radius 3 is 2.57 bits per heavy atom. The number of rotatable bonds is 3. The fourth-order valence-electron chi connectivity index (χ4n) is 3.06. The van der Waals surface area contributed by atoms with Crippen molar-refractivity contribution in [1.29, 1.82) is 0 Å². The zero-order chi connectivity index (χ0) is 21.5. The van der Waals surface area contributed by atoms with Gasteiger partial charge in [0.1, 0.15) is 5.82 Å². The van der Waals surface area contributed by atoms with E-state index in [0.29, 0.717) is 11.0 Å². The van der Waals surface area contributed by atoms with E-state index in [1.165, 1.54) is 47.3 Å². The van der Waals surface area contributed by atoms with Gasteiger partial charge in [0.2, 0.25) is 0 Å². The number of nitrogens with one attached hydrogen (secondary N) is 1. The lowest BCUT2D eigenvalue weighted by molar-refractivity contribution is -0.137. The number of carbonyl (C=O) groups excluding carboxylic acids is 1. The number of amides is 1. The first-order valence-electron chi connectivity index (χ1n) is 8.80. The second kappa shape index (κ2) is 7.25. The minimum atomic E-state index is -4.52. The molecule has 1 amide bonds. The van der Waals surface area contributed by atoms with Gasteiger partial charge in [0.15, 0.2) is 5.65 Å². The van der Waals surface area contributed by atoms with Crippen LogP contribution in [0.1, 0.15) is 15.9 Å². The highest BCUT2D eigenvalue weighted by Crippen LogP contribution is 2.33. The molecule has 0 saturated heterocycles. The summed E-state index contributed by atoms with van der Waals surface area (Å²) < 4.78 is 54.7. The number of nitrogens with zero attached hydrogens (tertiary/aromatic N) is 3. The fraction of sp³-hybridized carbons (Fsp3) is 0.0952. The van der Waals surface area contributed by atoms with E-state index in [-0.39, 0.29) is 22.5 Å². The van der Waals surface area contributed by atoms with Crippen LogP contribution in [0.3, 0.4) is 0 Å². The Balaban J connectivity index is 1.83. The summed E-state index contributed by atoms with van der Waals surface area (Å²) in [6.07, 6.45) is -3.09. The van der Waals surface area contributed by atoms with Crippen molar-refractivity contribution in [2.24, 2.45) is 7.05 Å².